The standard InChI is InChI=1S/C16H24N2O3/c17-14-4-1-2-5-15(14)19-11-3-8-18-9-6-16(7-10-18)20-12-13-21-16/h1-2,4-5H,3,6-13,17H2. The minimum Gasteiger partial charge on any atom is -0.491 e. The van der Waals surface area contributed by atoms with Gasteiger partial charge >= 0.3 is 0 Å². The molecule has 21 heavy (non-hydrogen) atoms. The number of hydrogen-bond acceptors (Lipinski definition) is 5. The molecule has 0 radical (unpaired) electrons. The summed E-state index contributed by atoms with van der Waals surface area (Å²) in [6, 6.07) is 7.63. The van der Waals surface area contributed by atoms with Crippen LogP contribution in [0.15, 0.2) is 24.3 Å². The fourth-order valence-electron chi connectivity index (χ4n) is 2.99. The fourth-order valence-corrected chi connectivity index (χ4v) is 2.99. The summed E-state index contributed by atoms with van der Waals surface area (Å²) in [5.74, 6) is 0.508. The van der Waals surface area contributed by atoms with Gasteiger partial charge in [0.1, 0.15) is 5.75 Å². The first kappa shape index (κ1) is 14.6. The van der Waals surface area contributed by atoms with Gasteiger partial charge in [0.25, 0.3) is 0 Å². The molecule has 1 aromatic rings. The van der Waals surface area contributed by atoms with Crippen molar-refractivity contribution >= 4 is 5.69 Å². The van der Waals surface area contributed by atoms with Crippen molar-refractivity contribution in [3.63, 3.8) is 0 Å². The zero-order chi connectivity index (χ0) is 14.5. The highest BCUT2D eigenvalue weighted by Crippen LogP contribution is 2.31. The number of rotatable bonds is 5. The summed E-state index contributed by atoms with van der Waals surface area (Å²) in [5.41, 5.74) is 6.55. The van der Waals surface area contributed by atoms with E-state index in [1.807, 2.05) is 24.3 Å². The molecule has 2 aliphatic heterocycles. The summed E-state index contributed by atoms with van der Waals surface area (Å²) < 4.78 is 17.2. The molecule has 3 rings (SSSR count). The molecule has 116 valence electrons. The summed E-state index contributed by atoms with van der Waals surface area (Å²) in [6.45, 7) is 5.30. The van der Waals surface area contributed by atoms with E-state index in [2.05, 4.69) is 4.90 Å². The van der Waals surface area contributed by atoms with Gasteiger partial charge in [-0.1, -0.05) is 12.1 Å². The SMILES string of the molecule is Nc1ccccc1OCCCN1CCC2(CC1)OCCO2. The maximum Gasteiger partial charge on any atom is 0.170 e. The summed E-state index contributed by atoms with van der Waals surface area (Å²) in [5, 5.41) is 0. The molecule has 0 aromatic heterocycles. The summed E-state index contributed by atoms with van der Waals surface area (Å²) >= 11 is 0. The predicted octanol–water partition coefficient (Wildman–Crippen LogP) is 1.88. The van der Waals surface area contributed by atoms with Crippen LogP contribution in [0.4, 0.5) is 5.69 Å². The lowest BCUT2D eigenvalue weighted by atomic mass is 10.0. The second-order valence-corrected chi connectivity index (χ2v) is 5.69. The Labute approximate surface area is 126 Å². The number of likely N-dealkylation sites (tertiary alicyclic amines) is 1. The van der Waals surface area contributed by atoms with Gasteiger partial charge < -0.3 is 24.8 Å². The van der Waals surface area contributed by atoms with Crippen molar-refractivity contribution in [3.8, 4) is 5.75 Å². The van der Waals surface area contributed by atoms with Crippen LogP contribution in [0.2, 0.25) is 0 Å². The van der Waals surface area contributed by atoms with Crippen LogP contribution >= 0.6 is 0 Å². The first-order valence-corrected chi connectivity index (χ1v) is 7.75. The molecule has 5 nitrogen and oxygen atoms in total. The van der Waals surface area contributed by atoms with E-state index in [0.29, 0.717) is 12.3 Å². The maximum absolute atomic E-state index is 5.85. The highest BCUT2D eigenvalue weighted by atomic mass is 16.7. The van der Waals surface area contributed by atoms with Crippen molar-refractivity contribution in [2.45, 2.75) is 25.0 Å². The molecule has 0 saturated carbocycles. The Kier molecular flexibility index (Phi) is 4.63. The molecule has 0 aliphatic carbocycles. The normalized spacial score (nSPS) is 21.7. The molecule has 1 aromatic carbocycles. The molecule has 2 N–H and O–H groups in total. The van der Waals surface area contributed by atoms with Crippen LogP contribution in [-0.2, 0) is 9.47 Å². The van der Waals surface area contributed by atoms with Crippen LogP contribution < -0.4 is 10.5 Å². The van der Waals surface area contributed by atoms with Crippen LogP contribution in [-0.4, -0.2) is 50.1 Å². The lowest BCUT2D eigenvalue weighted by Gasteiger charge is -2.37. The second kappa shape index (κ2) is 6.64. The van der Waals surface area contributed by atoms with Crippen molar-refractivity contribution in [1.82, 2.24) is 4.90 Å². The number of nitrogens with zero attached hydrogens (tertiary/aromatic N) is 1. The van der Waals surface area contributed by atoms with Crippen molar-refractivity contribution in [3.05, 3.63) is 24.3 Å². The van der Waals surface area contributed by atoms with E-state index in [0.717, 1.165) is 57.9 Å². The minimum absolute atomic E-state index is 0.272. The molecule has 2 fully saturated rings. The molecule has 0 bridgehead atoms. The largest absolute Gasteiger partial charge is 0.491 e. The van der Waals surface area contributed by atoms with Crippen molar-refractivity contribution < 1.29 is 14.2 Å². The quantitative estimate of drug-likeness (QED) is 0.663. The van der Waals surface area contributed by atoms with E-state index >= 15 is 0 Å². The average molecular weight is 292 g/mol. The van der Waals surface area contributed by atoms with E-state index in [-0.39, 0.29) is 5.79 Å². The molecule has 0 unspecified atom stereocenters. The van der Waals surface area contributed by atoms with Gasteiger partial charge in [0.15, 0.2) is 5.79 Å². The Morgan fingerprint density at radius 3 is 2.57 bits per heavy atom. The number of hydrogen-bond donors (Lipinski definition) is 1. The van der Waals surface area contributed by atoms with Gasteiger partial charge in [-0.15, -0.1) is 0 Å². The maximum atomic E-state index is 5.85. The predicted molar refractivity (Wildman–Crippen MR) is 81.3 cm³/mol. The van der Waals surface area contributed by atoms with Crippen LogP contribution in [0, 0.1) is 0 Å². The van der Waals surface area contributed by atoms with Crippen LogP contribution in [0.5, 0.6) is 5.75 Å². The van der Waals surface area contributed by atoms with Gasteiger partial charge in [0.05, 0.1) is 25.5 Å². The Balaban J connectivity index is 1.34. The molecule has 0 atom stereocenters. The first-order valence-electron chi connectivity index (χ1n) is 7.75. The van der Waals surface area contributed by atoms with Crippen molar-refractivity contribution in [2.75, 3.05) is 45.2 Å². The van der Waals surface area contributed by atoms with Gasteiger partial charge in [-0.25, -0.2) is 0 Å². The number of piperidine rings is 1. The molecule has 2 aliphatic rings. The molecular weight excluding hydrogens is 268 g/mol. The average Bonchev–Trinajstić information content (AvgIpc) is 2.96. The van der Waals surface area contributed by atoms with E-state index < -0.39 is 0 Å². The third-order valence-corrected chi connectivity index (χ3v) is 4.23. The van der Waals surface area contributed by atoms with Crippen LogP contribution in [0.3, 0.4) is 0 Å². The number of para-hydroxylation sites is 2. The number of benzene rings is 1. The smallest absolute Gasteiger partial charge is 0.170 e. The molecule has 5 heteroatoms. The molecule has 2 heterocycles. The van der Waals surface area contributed by atoms with Gasteiger partial charge in [-0.05, 0) is 18.6 Å². The number of anilines is 1. The Morgan fingerprint density at radius 1 is 1.14 bits per heavy atom. The van der Waals surface area contributed by atoms with E-state index in [9.17, 15) is 0 Å². The molecule has 2 saturated heterocycles. The number of nitrogen functional groups attached to an aromatic ring is 1. The monoisotopic (exact) mass is 292 g/mol. The first-order chi connectivity index (χ1) is 10.3. The van der Waals surface area contributed by atoms with Crippen LogP contribution in [0.1, 0.15) is 19.3 Å². The fraction of sp³-hybridized carbons (Fsp3) is 0.625. The van der Waals surface area contributed by atoms with Crippen molar-refractivity contribution in [1.29, 1.82) is 0 Å². The molecule has 0 amide bonds. The highest BCUT2D eigenvalue weighted by molar-refractivity contribution is 5.51. The molecular formula is C16H24N2O3. The second-order valence-electron chi connectivity index (χ2n) is 5.69. The van der Waals surface area contributed by atoms with Gasteiger partial charge in [0.2, 0.25) is 0 Å². The summed E-state index contributed by atoms with van der Waals surface area (Å²) in [4.78, 5) is 2.45. The summed E-state index contributed by atoms with van der Waals surface area (Å²) in [6.07, 6.45) is 2.95. The van der Waals surface area contributed by atoms with Gasteiger partial charge in [-0.2, -0.15) is 0 Å². The van der Waals surface area contributed by atoms with E-state index in [1.54, 1.807) is 0 Å². The molecule has 1 spiro atoms. The summed E-state index contributed by atoms with van der Waals surface area (Å²) in [7, 11) is 0. The zero-order valence-electron chi connectivity index (χ0n) is 12.4. The number of nitrogens with two attached hydrogens (primary N) is 1. The third-order valence-electron chi connectivity index (χ3n) is 4.23. The lowest BCUT2D eigenvalue weighted by Crippen LogP contribution is -2.45. The zero-order valence-corrected chi connectivity index (χ0v) is 12.4. The lowest BCUT2D eigenvalue weighted by molar-refractivity contribution is -0.185. The van der Waals surface area contributed by atoms with Crippen molar-refractivity contribution in [2.24, 2.45) is 0 Å². The Bertz CT molecular complexity index is 451. The Morgan fingerprint density at radius 2 is 1.86 bits per heavy atom. The van der Waals surface area contributed by atoms with Gasteiger partial charge in [0, 0.05) is 32.5 Å². The van der Waals surface area contributed by atoms with Gasteiger partial charge in [-0.3, -0.25) is 0 Å². The van der Waals surface area contributed by atoms with E-state index in [4.69, 9.17) is 19.9 Å². The topological polar surface area (TPSA) is 57.0 Å². The van der Waals surface area contributed by atoms with Crippen LogP contribution in [0.25, 0.3) is 0 Å². The minimum atomic E-state index is -0.272. The van der Waals surface area contributed by atoms with E-state index in [1.165, 1.54) is 0 Å². The Hall–Kier alpha value is -1.30. The highest BCUT2D eigenvalue weighted by Gasteiger charge is 2.39. The number of ether oxygens (including phenoxy) is 3. The third kappa shape index (κ3) is 3.67.